The van der Waals surface area contributed by atoms with Crippen LogP contribution < -0.4 is 5.32 Å². The number of ether oxygens (including phenoxy) is 1. The molecule has 0 unspecified atom stereocenters. The number of rotatable bonds is 5. The van der Waals surface area contributed by atoms with Gasteiger partial charge in [0.1, 0.15) is 0 Å². The molecule has 2 rings (SSSR count). The first kappa shape index (κ1) is 16.5. The van der Waals surface area contributed by atoms with E-state index in [2.05, 4.69) is 10.2 Å². The zero-order chi connectivity index (χ0) is 15.3. The van der Waals surface area contributed by atoms with E-state index in [0.29, 0.717) is 6.04 Å². The summed E-state index contributed by atoms with van der Waals surface area (Å²) in [6, 6.07) is 0.186. The van der Waals surface area contributed by atoms with Crippen molar-refractivity contribution in [1.82, 2.24) is 10.2 Å². The van der Waals surface area contributed by atoms with Crippen LogP contribution in [0.4, 0.5) is 13.2 Å². The van der Waals surface area contributed by atoms with Crippen molar-refractivity contribution in [2.75, 3.05) is 26.3 Å². The lowest BCUT2D eigenvalue weighted by Crippen LogP contribution is -2.49. The zero-order valence-corrected chi connectivity index (χ0v) is 12.1. The predicted octanol–water partition coefficient (Wildman–Crippen LogP) is 2.09. The van der Waals surface area contributed by atoms with Gasteiger partial charge in [-0.3, -0.25) is 9.69 Å². The van der Waals surface area contributed by atoms with Crippen LogP contribution in [0.2, 0.25) is 0 Å². The quantitative estimate of drug-likeness (QED) is 0.791. The Morgan fingerprint density at radius 3 is 2.62 bits per heavy atom. The Balaban J connectivity index is 1.75. The average molecular weight is 308 g/mol. The van der Waals surface area contributed by atoms with E-state index in [1.165, 1.54) is 0 Å². The Labute approximate surface area is 123 Å². The van der Waals surface area contributed by atoms with Crippen LogP contribution in [-0.4, -0.2) is 55.4 Å². The number of alkyl halides is 3. The summed E-state index contributed by atoms with van der Waals surface area (Å²) in [5.41, 5.74) is 0. The van der Waals surface area contributed by atoms with Crippen LogP contribution in [0.5, 0.6) is 0 Å². The van der Waals surface area contributed by atoms with Gasteiger partial charge in [0.25, 0.3) is 0 Å². The van der Waals surface area contributed by atoms with Gasteiger partial charge in [-0.1, -0.05) is 0 Å². The summed E-state index contributed by atoms with van der Waals surface area (Å²) in [5, 5.41) is 2.65. The van der Waals surface area contributed by atoms with Crippen molar-refractivity contribution in [3.05, 3.63) is 0 Å². The third kappa shape index (κ3) is 5.14. The first-order valence-electron chi connectivity index (χ1n) is 7.65. The van der Waals surface area contributed by atoms with Crippen molar-refractivity contribution in [1.29, 1.82) is 0 Å². The minimum absolute atomic E-state index is 0.0563. The van der Waals surface area contributed by atoms with E-state index >= 15 is 0 Å². The van der Waals surface area contributed by atoms with E-state index in [4.69, 9.17) is 4.74 Å². The smallest absolute Gasteiger partial charge is 0.381 e. The van der Waals surface area contributed by atoms with Crippen molar-refractivity contribution in [3.63, 3.8) is 0 Å². The fourth-order valence-electron chi connectivity index (χ4n) is 3.14. The van der Waals surface area contributed by atoms with Gasteiger partial charge in [0.2, 0.25) is 5.91 Å². The highest BCUT2D eigenvalue weighted by atomic mass is 19.4. The number of nitrogens with one attached hydrogen (secondary N) is 1. The van der Waals surface area contributed by atoms with Crippen LogP contribution in [0.3, 0.4) is 0 Å². The van der Waals surface area contributed by atoms with E-state index in [1.807, 2.05) is 0 Å². The molecule has 0 bridgehead atoms. The van der Waals surface area contributed by atoms with Gasteiger partial charge in [-0.2, -0.15) is 13.2 Å². The SMILES string of the molecule is O=C(NCCCC(F)(F)F)[C@@H]1CCCN1C1CCOCC1. The van der Waals surface area contributed by atoms with Crippen molar-refractivity contribution < 1.29 is 22.7 Å². The molecule has 2 heterocycles. The molecule has 0 spiro atoms. The van der Waals surface area contributed by atoms with Crippen molar-refractivity contribution in [2.45, 2.75) is 56.8 Å². The maximum Gasteiger partial charge on any atom is 0.389 e. The molecule has 122 valence electrons. The summed E-state index contributed by atoms with van der Waals surface area (Å²) in [7, 11) is 0. The monoisotopic (exact) mass is 308 g/mol. The van der Waals surface area contributed by atoms with E-state index in [0.717, 1.165) is 45.4 Å². The number of carbonyl (C=O) groups excluding carboxylic acids is 1. The number of likely N-dealkylation sites (tertiary alicyclic amines) is 1. The van der Waals surface area contributed by atoms with Crippen LogP contribution in [0, 0.1) is 0 Å². The minimum atomic E-state index is -4.15. The van der Waals surface area contributed by atoms with E-state index in [1.54, 1.807) is 0 Å². The lowest BCUT2D eigenvalue weighted by molar-refractivity contribution is -0.136. The van der Waals surface area contributed by atoms with Crippen LogP contribution in [0.15, 0.2) is 0 Å². The van der Waals surface area contributed by atoms with Gasteiger partial charge in [0, 0.05) is 32.2 Å². The Morgan fingerprint density at radius 2 is 1.95 bits per heavy atom. The van der Waals surface area contributed by atoms with E-state index < -0.39 is 12.6 Å². The Hall–Kier alpha value is -0.820. The number of amides is 1. The van der Waals surface area contributed by atoms with Gasteiger partial charge in [0.15, 0.2) is 0 Å². The first-order valence-corrected chi connectivity index (χ1v) is 7.65. The Morgan fingerprint density at radius 1 is 1.24 bits per heavy atom. The third-order valence-corrected chi connectivity index (χ3v) is 4.19. The van der Waals surface area contributed by atoms with Crippen molar-refractivity contribution in [2.24, 2.45) is 0 Å². The molecule has 0 radical (unpaired) electrons. The standard InChI is InChI=1S/C14H23F3N2O2/c15-14(16,17)6-2-7-18-13(20)12-3-1-8-19(12)11-4-9-21-10-5-11/h11-12H,1-10H2,(H,18,20)/t12-/m0/s1. The lowest BCUT2D eigenvalue weighted by atomic mass is 10.1. The molecule has 0 aliphatic carbocycles. The summed E-state index contributed by atoms with van der Waals surface area (Å²) in [6.07, 6.45) is -1.43. The largest absolute Gasteiger partial charge is 0.389 e. The van der Waals surface area contributed by atoms with Gasteiger partial charge >= 0.3 is 6.18 Å². The molecule has 0 aromatic carbocycles. The molecule has 0 aromatic heterocycles. The molecule has 1 amide bonds. The predicted molar refractivity (Wildman–Crippen MR) is 71.9 cm³/mol. The first-order chi connectivity index (χ1) is 9.97. The van der Waals surface area contributed by atoms with Crippen molar-refractivity contribution >= 4 is 5.91 Å². The molecule has 2 aliphatic heterocycles. The Bertz CT molecular complexity index is 344. The number of halogens is 3. The molecule has 1 N–H and O–H groups in total. The van der Waals surface area contributed by atoms with Gasteiger partial charge in [0.05, 0.1) is 6.04 Å². The zero-order valence-electron chi connectivity index (χ0n) is 12.1. The molecule has 2 saturated heterocycles. The summed E-state index contributed by atoms with van der Waals surface area (Å²) in [6.45, 7) is 2.43. The second-order valence-corrected chi connectivity index (χ2v) is 5.75. The molecule has 2 fully saturated rings. The number of carbonyl (C=O) groups is 1. The number of hydrogen-bond acceptors (Lipinski definition) is 3. The number of hydrogen-bond donors (Lipinski definition) is 1. The maximum atomic E-state index is 12.2. The molecule has 4 nitrogen and oxygen atoms in total. The van der Waals surface area contributed by atoms with Crippen molar-refractivity contribution in [3.8, 4) is 0 Å². The maximum absolute atomic E-state index is 12.2. The Kier molecular flexibility index (Phi) is 5.87. The van der Waals surface area contributed by atoms with E-state index in [-0.39, 0.29) is 24.9 Å². The molecule has 1 atom stereocenters. The summed E-state index contributed by atoms with van der Waals surface area (Å²) in [4.78, 5) is 14.4. The summed E-state index contributed by atoms with van der Waals surface area (Å²) >= 11 is 0. The van der Waals surface area contributed by atoms with Gasteiger partial charge in [-0.25, -0.2) is 0 Å². The summed E-state index contributed by atoms with van der Waals surface area (Å²) in [5.74, 6) is -0.124. The van der Waals surface area contributed by atoms with E-state index in [9.17, 15) is 18.0 Å². The average Bonchev–Trinajstić information content (AvgIpc) is 2.93. The highest BCUT2D eigenvalue weighted by Gasteiger charge is 2.35. The fraction of sp³-hybridized carbons (Fsp3) is 0.929. The molecule has 0 saturated carbocycles. The highest BCUT2D eigenvalue weighted by molar-refractivity contribution is 5.82. The lowest BCUT2D eigenvalue weighted by Gasteiger charge is -2.34. The van der Waals surface area contributed by atoms with Crippen LogP contribution in [0.25, 0.3) is 0 Å². The molecule has 2 aliphatic rings. The fourth-order valence-corrected chi connectivity index (χ4v) is 3.14. The minimum Gasteiger partial charge on any atom is -0.381 e. The van der Waals surface area contributed by atoms with Crippen LogP contribution >= 0.6 is 0 Å². The highest BCUT2D eigenvalue weighted by Crippen LogP contribution is 2.25. The molecule has 0 aromatic rings. The van der Waals surface area contributed by atoms with Crippen LogP contribution in [0.1, 0.15) is 38.5 Å². The topological polar surface area (TPSA) is 41.6 Å². The molecular formula is C14H23F3N2O2. The second-order valence-electron chi connectivity index (χ2n) is 5.75. The molecule has 21 heavy (non-hydrogen) atoms. The second kappa shape index (κ2) is 7.45. The van der Waals surface area contributed by atoms with Crippen LogP contribution in [-0.2, 0) is 9.53 Å². The van der Waals surface area contributed by atoms with Gasteiger partial charge in [-0.15, -0.1) is 0 Å². The summed E-state index contributed by atoms with van der Waals surface area (Å²) < 4.78 is 41.5. The molecular weight excluding hydrogens is 285 g/mol. The van der Waals surface area contributed by atoms with Gasteiger partial charge in [-0.05, 0) is 38.6 Å². The van der Waals surface area contributed by atoms with Gasteiger partial charge < -0.3 is 10.1 Å². The number of nitrogens with zero attached hydrogens (tertiary/aromatic N) is 1. The normalized spacial score (nSPS) is 25.2. The molecule has 7 heteroatoms. The third-order valence-electron chi connectivity index (χ3n) is 4.19.